The van der Waals surface area contributed by atoms with Gasteiger partial charge in [-0.15, -0.1) is 0 Å². The van der Waals surface area contributed by atoms with E-state index in [-0.39, 0.29) is 24.2 Å². The Labute approximate surface area is 135 Å². The maximum Gasteiger partial charge on any atom is 0.223 e. The summed E-state index contributed by atoms with van der Waals surface area (Å²) in [6.07, 6.45) is -0.0774. The molecule has 1 heterocycles. The zero-order valence-electron chi connectivity index (χ0n) is 13.0. The third-order valence-electron chi connectivity index (χ3n) is 4.85. The van der Waals surface area contributed by atoms with Crippen LogP contribution in [-0.4, -0.2) is 59.9 Å². The van der Waals surface area contributed by atoms with Gasteiger partial charge < -0.3 is 20.4 Å². The van der Waals surface area contributed by atoms with Crippen LogP contribution in [0.15, 0.2) is 24.3 Å². The number of fused-ring (bicyclic) bond motifs is 1. The summed E-state index contributed by atoms with van der Waals surface area (Å²) < 4.78 is 13.1. The minimum Gasteiger partial charge on any atom is -0.394 e. The van der Waals surface area contributed by atoms with Gasteiger partial charge in [-0.1, -0.05) is 12.1 Å². The SMILES string of the molecule is O=C(NCCc1cccc(F)c1)C1[C@H]2CN(C[C@@H](O)CO)C[C@@H]12. The number of amides is 1. The van der Waals surface area contributed by atoms with Crippen molar-refractivity contribution in [2.24, 2.45) is 17.8 Å². The summed E-state index contributed by atoms with van der Waals surface area (Å²) in [6, 6.07) is 6.42. The van der Waals surface area contributed by atoms with E-state index in [0.717, 1.165) is 18.7 Å². The summed E-state index contributed by atoms with van der Waals surface area (Å²) in [7, 11) is 0. The minimum atomic E-state index is -0.703. The Morgan fingerprint density at radius 2 is 2.13 bits per heavy atom. The number of nitrogens with one attached hydrogen (secondary N) is 1. The molecule has 1 saturated carbocycles. The molecule has 2 fully saturated rings. The summed E-state index contributed by atoms with van der Waals surface area (Å²) >= 11 is 0. The van der Waals surface area contributed by atoms with E-state index < -0.39 is 6.10 Å². The molecule has 0 bridgehead atoms. The van der Waals surface area contributed by atoms with Crippen molar-refractivity contribution < 1.29 is 19.4 Å². The van der Waals surface area contributed by atoms with Crippen LogP contribution in [0.3, 0.4) is 0 Å². The fraction of sp³-hybridized carbons (Fsp3) is 0.588. The molecule has 23 heavy (non-hydrogen) atoms. The Balaban J connectivity index is 1.37. The molecule has 1 aromatic carbocycles. The lowest BCUT2D eigenvalue weighted by Crippen LogP contribution is -2.37. The minimum absolute atomic E-state index is 0.0741. The van der Waals surface area contributed by atoms with Gasteiger partial charge in [-0.3, -0.25) is 4.79 Å². The Bertz CT molecular complexity index is 557. The van der Waals surface area contributed by atoms with Crippen molar-refractivity contribution in [3.63, 3.8) is 0 Å². The van der Waals surface area contributed by atoms with Crippen LogP contribution in [0.25, 0.3) is 0 Å². The number of aliphatic hydroxyl groups is 2. The van der Waals surface area contributed by atoms with Crippen molar-refractivity contribution in [3.8, 4) is 0 Å². The van der Waals surface area contributed by atoms with E-state index in [1.165, 1.54) is 12.1 Å². The zero-order chi connectivity index (χ0) is 16.4. The Hall–Kier alpha value is -1.50. The van der Waals surface area contributed by atoms with Gasteiger partial charge in [0.25, 0.3) is 0 Å². The van der Waals surface area contributed by atoms with Crippen LogP contribution >= 0.6 is 0 Å². The van der Waals surface area contributed by atoms with E-state index in [1.54, 1.807) is 6.07 Å². The number of benzene rings is 1. The average molecular weight is 322 g/mol. The molecule has 3 N–H and O–H groups in total. The molecule has 4 atom stereocenters. The van der Waals surface area contributed by atoms with Crippen LogP contribution < -0.4 is 5.32 Å². The largest absolute Gasteiger partial charge is 0.394 e. The van der Waals surface area contributed by atoms with Gasteiger partial charge in [-0.05, 0) is 36.0 Å². The number of piperidine rings is 1. The third-order valence-corrected chi connectivity index (χ3v) is 4.85. The summed E-state index contributed by atoms with van der Waals surface area (Å²) in [5, 5.41) is 21.2. The summed E-state index contributed by atoms with van der Waals surface area (Å²) in [5.41, 5.74) is 0.880. The van der Waals surface area contributed by atoms with Crippen LogP contribution in [0.4, 0.5) is 4.39 Å². The number of aliphatic hydroxyl groups excluding tert-OH is 2. The number of halogens is 1. The van der Waals surface area contributed by atoms with Gasteiger partial charge in [-0.2, -0.15) is 0 Å². The first kappa shape index (κ1) is 16.4. The van der Waals surface area contributed by atoms with Gasteiger partial charge in [0.15, 0.2) is 0 Å². The number of likely N-dealkylation sites (tertiary alicyclic amines) is 1. The molecule has 1 aliphatic heterocycles. The second-order valence-electron chi connectivity index (χ2n) is 6.58. The summed E-state index contributed by atoms with van der Waals surface area (Å²) in [6.45, 7) is 2.38. The van der Waals surface area contributed by atoms with Gasteiger partial charge in [0, 0.05) is 32.1 Å². The normalized spacial score (nSPS) is 27.5. The quantitative estimate of drug-likeness (QED) is 0.661. The second-order valence-corrected chi connectivity index (χ2v) is 6.58. The molecule has 3 rings (SSSR count). The van der Waals surface area contributed by atoms with Crippen molar-refractivity contribution in [1.29, 1.82) is 0 Å². The first-order valence-corrected chi connectivity index (χ1v) is 8.12. The number of nitrogens with zero attached hydrogens (tertiary/aromatic N) is 1. The van der Waals surface area contributed by atoms with Crippen molar-refractivity contribution in [2.75, 3.05) is 32.8 Å². The molecule has 5 nitrogen and oxygen atoms in total. The lowest BCUT2D eigenvalue weighted by Gasteiger charge is -2.21. The third kappa shape index (κ3) is 3.88. The molecule has 1 saturated heterocycles. The Morgan fingerprint density at radius 1 is 1.39 bits per heavy atom. The molecular weight excluding hydrogens is 299 g/mol. The average Bonchev–Trinajstić information content (AvgIpc) is 3.03. The van der Waals surface area contributed by atoms with Crippen LogP contribution in [-0.2, 0) is 11.2 Å². The van der Waals surface area contributed by atoms with E-state index in [9.17, 15) is 14.3 Å². The number of hydrogen-bond donors (Lipinski definition) is 3. The van der Waals surface area contributed by atoms with E-state index in [2.05, 4.69) is 10.2 Å². The molecule has 126 valence electrons. The van der Waals surface area contributed by atoms with Gasteiger partial charge in [0.1, 0.15) is 5.82 Å². The van der Waals surface area contributed by atoms with Gasteiger partial charge in [0.05, 0.1) is 12.7 Å². The van der Waals surface area contributed by atoms with Crippen LogP contribution in [0.5, 0.6) is 0 Å². The van der Waals surface area contributed by atoms with Gasteiger partial charge in [-0.25, -0.2) is 4.39 Å². The molecule has 0 spiro atoms. The molecule has 2 aliphatic rings. The second kappa shape index (κ2) is 6.95. The maximum absolute atomic E-state index is 13.1. The van der Waals surface area contributed by atoms with E-state index in [4.69, 9.17) is 5.11 Å². The first-order valence-electron chi connectivity index (χ1n) is 8.12. The fourth-order valence-corrected chi connectivity index (χ4v) is 3.65. The van der Waals surface area contributed by atoms with Crippen molar-refractivity contribution >= 4 is 5.91 Å². The topological polar surface area (TPSA) is 72.8 Å². The molecule has 0 aromatic heterocycles. The first-order chi connectivity index (χ1) is 11.1. The molecule has 1 aliphatic carbocycles. The maximum atomic E-state index is 13.1. The van der Waals surface area contributed by atoms with Gasteiger partial charge in [0.2, 0.25) is 5.91 Å². The Morgan fingerprint density at radius 3 is 2.78 bits per heavy atom. The van der Waals surface area contributed by atoms with Crippen LogP contribution in [0.2, 0.25) is 0 Å². The van der Waals surface area contributed by atoms with E-state index in [1.807, 2.05) is 6.07 Å². The molecular formula is C17H23FN2O3. The van der Waals surface area contributed by atoms with Gasteiger partial charge >= 0.3 is 0 Å². The van der Waals surface area contributed by atoms with Crippen molar-refractivity contribution in [1.82, 2.24) is 10.2 Å². The molecule has 0 radical (unpaired) electrons. The smallest absolute Gasteiger partial charge is 0.223 e. The number of β-amino-alcohol motifs (C(OH)–C–C–N with tert-alkyl or cyclic N) is 1. The highest BCUT2D eigenvalue weighted by atomic mass is 19.1. The Kier molecular flexibility index (Phi) is 4.94. The van der Waals surface area contributed by atoms with Crippen molar-refractivity contribution in [2.45, 2.75) is 12.5 Å². The summed E-state index contributed by atoms with van der Waals surface area (Å²) in [4.78, 5) is 14.3. The molecule has 1 amide bonds. The standard InChI is InChI=1S/C17H23FN2O3/c18-12-3-1-2-11(6-12)4-5-19-17(23)16-14-8-20(9-15(14)16)7-13(22)10-21/h1-3,6,13-16,21-22H,4-5,7-10H2,(H,19,23)/t13-,14-,15+,16?/m1/s1. The lowest BCUT2D eigenvalue weighted by atomic mass is 10.1. The predicted octanol–water partition coefficient (Wildman–Crippen LogP) is 0.0154. The highest BCUT2D eigenvalue weighted by Crippen LogP contribution is 2.51. The number of rotatable bonds is 7. The number of hydrogen-bond acceptors (Lipinski definition) is 4. The zero-order valence-corrected chi connectivity index (χ0v) is 13.0. The highest BCUT2D eigenvalue weighted by molar-refractivity contribution is 5.82. The lowest BCUT2D eigenvalue weighted by molar-refractivity contribution is -0.123. The van der Waals surface area contributed by atoms with Crippen LogP contribution in [0, 0.1) is 23.6 Å². The number of carbonyl (C=O) groups excluding carboxylic acids is 1. The molecule has 1 unspecified atom stereocenters. The van der Waals surface area contributed by atoms with Crippen molar-refractivity contribution in [3.05, 3.63) is 35.6 Å². The fourth-order valence-electron chi connectivity index (χ4n) is 3.65. The monoisotopic (exact) mass is 322 g/mol. The van der Waals surface area contributed by atoms with E-state index >= 15 is 0 Å². The number of carbonyl (C=O) groups is 1. The summed E-state index contributed by atoms with van der Waals surface area (Å²) in [5.74, 6) is 0.643. The van der Waals surface area contributed by atoms with Crippen LogP contribution in [0.1, 0.15) is 5.56 Å². The molecule has 1 aromatic rings. The molecule has 6 heteroatoms. The highest BCUT2D eigenvalue weighted by Gasteiger charge is 2.59. The predicted molar refractivity (Wildman–Crippen MR) is 83.1 cm³/mol. The van der Waals surface area contributed by atoms with E-state index in [0.29, 0.717) is 31.3 Å².